The molecular weight excluding hydrogens is 506 g/mol. The van der Waals surface area contributed by atoms with E-state index in [0.717, 1.165) is 41.8 Å². The van der Waals surface area contributed by atoms with Gasteiger partial charge in [0.25, 0.3) is 0 Å². The number of rotatable bonds is 9. The molecule has 1 N–H and O–H groups in total. The average Bonchev–Trinajstić information content (AvgIpc) is 3.52. The van der Waals surface area contributed by atoms with Gasteiger partial charge < -0.3 is 19.7 Å². The van der Waals surface area contributed by atoms with Gasteiger partial charge in [-0.3, -0.25) is 13.9 Å². The lowest BCUT2D eigenvalue weighted by Crippen LogP contribution is -2.52. The maximum atomic E-state index is 13.6. The Labute approximate surface area is 216 Å². The average molecular weight is 536 g/mol. The monoisotopic (exact) mass is 535 g/mol. The normalized spacial score (nSPS) is 16.0. The number of carbonyl (C=O) groups excluding carboxylic acids is 2. The topological polar surface area (TPSA) is 105 Å². The molecule has 2 amide bonds. The Morgan fingerprint density at radius 3 is 2.42 bits per heavy atom. The summed E-state index contributed by atoms with van der Waals surface area (Å²) in [4.78, 5) is 28.1. The van der Waals surface area contributed by atoms with Crippen molar-refractivity contribution < 1.29 is 27.5 Å². The predicted octanol–water partition coefficient (Wildman–Crippen LogP) is 3.31. The van der Waals surface area contributed by atoms with E-state index < -0.39 is 28.5 Å². The summed E-state index contributed by atoms with van der Waals surface area (Å²) < 4.78 is 37.1. The third-order valence-corrected chi connectivity index (χ3v) is 7.85. The van der Waals surface area contributed by atoms with Gasteiger partial charge in [0, 0.05) is 23.7 Å². The van der Waals surface area contributed by atoms with E-state index in [-0.39, 0.29) is 31.0 Å². The van der Waals surface area contributed by atoms with E-state index in [4.69, 9.17) is 21.1 Å². The van der Waals surface area contributed by atoms with Gasteiger partial charge in [-0.05, 0) is 49.6 Å². The number of amides is 2. The third kappa shape index (κ3) is 6.22. The molecule has 1 heterocycles. The Hall–Kier alpha value is -2.98. The molecule has 0 bridgehead atoms. The van der Waals surface area contributed by atoms with Crippen molar-refractivity contribution in [2.45, 2.75) is 51.2 Å². The Morgan fingerprint density at radius 1 is 1.08 bits per heavy atom. The first-order valence-electron chi connectivity index (χ1n) is 11.8. The second-order valence-electron chi connectivity index (χ2n) is 9.12. The Morgan fingerprint density at radius 2 is 1.75 bits per heavy atom. The van der Waals surface area contributed by atoms with Gasteiger partial charge in [0.05, 0.1) is 11.9 Å². The fourth-order valence-corrected chi connectivity index (χ4v) is 5.38. The molecule has 1 unspecified atom stereocenters. The van der Waals surface area contributed by atoms with Gasteiger partial charge >= 0.3 is 0 Å². The van der Waals surface area contributed by atoms with Crippen molar-refractivity contribution in [2.75, 3.05) is 23.9 Å². The number of sulfonamides is 1. The van der Waals surface area contributed by atoms with E-state index in [1.807, 2.05) is 0 Å². The number of carbonyl (C=O) groups is 2. The highest BCUT2D eigenvalue weighted by atomic mass is 35.5. The van der Waals surface area contributed by atoms with Crippen LogP contribution in [0.4, 0.5) is 5.69 Å². The third-order valence-electron chi connectivity index (χ3n) is 6.46. The molecular formula is C25H30ClN3O6S. The van der Waals surface area contributed by atoms with E-state index in [1.165, 1.54) is 11.0 Å². The first-order valence-corrected chi connectivity index (χ1v) is 14.1. The lowest BCUT2D eigenvalue weighted by molar-refractivity contribution is -0.139. The molecule has 2 aliphatic rings. The summed E-state index contributed by atoms with van der Waals surface area (Å²) in [6.45, 7) is 1.34. The zero-order valence-electron chi connectivity index (χ0n) is 20.3. The molecule has 0 aromatic heterocycles. The van der Waals surface area contributed by atoms with Crippen molar-refractivity contribution in [3.05, 3.63) is 53.1 Å². The van der Waals surface area contributed by atoms with Crippen LogP contribution in [-0.2, 0) is 26.2 Å². The second-order valence-corrected chi connectivity index (χ2v) is 11.5. The standard InChI is InChI=1S/C25H30ClN3O6S/c1-17(25(31)27-20-5-3-4-6-20)28(14-18-7-9-19(26)10-8-18)24(30)15-29(36(2,32)33)21-11-12-22-23(13-21)35-16-34-22/h7-13,17,20H,3-6,14-16H2,1-2H3,(H,27,31). The summed E-state index contributed by atoms with van der Waals surface area (Å²) in [6, 6.07) is 10.9. The highest BCUT2D eigenvalue weighted by Crippen LogP contribution is 2.36. The van der Waals surface area contributed by atoms with E-state index in [1.54, 1.807) is 43.3 Å². The highest BCUT2D eigenvalue weighted by molar-refractivity contribution is 7.92. The second kappa shape index (κ2) is 11.0. The van der Waals surface area contributed by atoms with Crippen molar-refractivity contribution in [1.29, 1.82) is 0 Å². The maximum Gasteiger partial charge on any atom is 0.244 e. The quantitative estimate of drug-likeness (QED) is 0.528. The zero-order chi connectivity index (χ0) is 25.9. The molecule has 0 saturated heterocycles. The molecule has 1 atom stereocenters. The number of anilines is 1. The zero-order valence-corrected chi connectivity index (χ0v) is 21.8. The molecule has 2 aromatic carbocycles. The molecule has 194 valence electrons. The number of ether oxygens (including phenoxy) is 2. The van der Waals surface area contributed by atoms with Gasteiger partial charge in [-0.1, -0.05) is 36.6 Å². The molecule has 1 fully saturated rings. The van der Waals surface area contributed by atoms with Crippen LogP contribution in [-0.4, -0.2) is 56.8 Å². The smallest absolute Gasteiger partial charge is 0.244 e. The Kier molecular flexibility index (Phi) is 7.94. The first kappa shape index (κ1) is 26.1. The van der Waals surface area contributed by atoms with E-state index in [2.05, 4.69) is 5.32 Å². The number of benzene rings is 2. The van der Waals surface area contributed by atoms with Gasteiger partial charge in [-0.15, -0.1) is 0 Å². The number of nitrogens with zero attached hydrogens (tertiary/aromatic N) is 2. The van der Waals surface area contributed by atoms with Crippen molar-refractivity contribution >= 4 is 39.1 Å². The molecule has 1 aliphatic heterocycles. The van der Waals surface area contributed by atoms with E-state index >= 15 is 0 Å². The van der Waals surface area contributed by atoms with Gasteiger partial charge in [-0.25, -0.2) is 8.42 Å². The van der Waals surface area contributed by atoms with Gasteiger partial charge in [0.2, 0.25) is 28.6 Å². The molecule has 11 heteroatoms. The number of halogens is 1. The lowest BCUT2D eigenvalue weighted by atomic mass is 10.1. The van der Waals surface area contributed by atoms with Crippen LogP contribution in [0.1, 0.15) is 38.2 Å². The molecule has 36 heavy (non-hydrogen) atoms. The van der Waals surface area contributed by atoms with Gasteiger partial charge in [0.1, 0.15) is 12.6 Å². The lowest BCUT2D eigenvalue weighted by Gasteiger charge is -2.32. The van der Waals surface area contributed by atoms with Gasteiger partial charge in [0.15, 0.2) is 11.5 Å². The minimum atomic E-state index is -3.84. The van der Waals surface area contributed by atoms with Crippen LogP contribution in [0.15, 0.2) is 42.5 Å². The molecule has 4 rings (SSSR count). The van der Waals surface area contributed by atoms with E-state index in [0.29, 0.717) is 16.5 Å². The Balaban J connectivity index is 1.59. The molecule has 0 spiro atoms. The molecule has 1 aliphatic carbocycles. The highest BCUT2D eigenvalue weighted by Gasteiger charge is 2.32. The maximum absolute atomic E-state index is 13.6. The number of hydrogen-bond acceptors (Lipinski definition) is 6. The Bertz CT molecular complexity index is 1210. The fraction of sp³-hybridized carbons (Fsp3) is 0.440. The van der Waals surface area contributed by atoms with Crippen LogP contribution < -0.4 is 19.1 Å². The van der Waals surface area contributed by atoms with Gasteiger partial charge in [-0.2, -0.15) is 0 Å². The minimum Gasteiger partial charge on any atom is -0.454 e. The molecule has 2 aromatic rings. The number of nitrogens with one attached hydrogen (secondary N) is 1. The molecule has 0 radical (unpaired) electrons. The SMILES string of the molecule is CC(C(=O)NC1CCCC1)N(Cc1ccc(Cl)cc1)C(=O)CN(c1ccc2c(c1)OCO2)S(C)(=O)=O. The number of hydrogen-bond donors (Lipinski definition) is 1. The van der Waals surface area contributed by atoms with Crippen LogP contribution >= 0.6 is 11.6 Å². The number of fused-ring (bicyclic) bond motifs is 1. The van der Waals surface area contributed by atoms with Crippen LogP contribution in [0, 0.1) is 0 Å². The molecule has 1 saturated carbocycles. The predicted molar refractivity (Wildman–Crippen MR) is 137 cm³/mol. The largest absolute Gasteiger partial charge is 0.454 e. The van der Waals surface area contributed by atoms with Crippen LogP contribution in [0.25, 0.3) is 0 Å². The van der Waals surface area contributed by atoms with E-state index in [9.17, 15) is 18.0 Å². The van der Waals surface area contributed by atoms with Crippen molar-refractivity contribution in [3.8, 4) is 11.5 Å². The minimum absolute atomic E-state index is 0.0408. The van der Waals surface area contributed by atoms with Crippen LogP contribution in [0.2, 0.25) is 5.02 Å². The summed E-state index contributed by atoms with van der Waals surface area (Å²) in [5, 5.41) is 3.59. The van der Waals surface area contributed by atoms with Crippen molar-refractivity contribution in [2.24, 2.45) is 0 Å². The summed E-state index contributed by atoms with van der Waals surface area (Å²) in [7, 11) is -3.84. The summed E-state index contributed by atoms with van der Waals surface area (Å²) in [5.41, 5.74) is 1.03. The van der Waals surface area contributed by atoms with Crippen molar-refractivity contribution in [1.82, 2.24) is 10.2 Å². The molecule has 9 nitrogen and oxygen atoms in total. The summed E-state index contributed by atoms with van der Waals surface area (Å²) in [6.07, 6.45) is 4.98. The van der Waals surface area contributed by atoms with Crippen molar-refractivity contribution in [3.63, 3.8) is 0 Å². The van der Waals surface area contributed by atoms with Crippen LogP contribution in [0.3, 0.4) is 0 Å². The summed E-state index contributed by atoms with van der Waals surface area (Å²) >= 11 is 6.01. The van der Waals surface area contributed by atoms with Crippen LogP contribution in [0.5, 0.6) is 11.5 Å². The first-order chi connectivity index (χ1) is 17.1. The fourth-order valence-electron chi connectivity index (χ4n) is 4.42. The summed E-state index contributed by atoms with van der Waals surface area (Å²) in [5.74, 6) is 0.122.